The van der Waals surface area contributed by atoms with Crippen LogP contribution in [0.5, 0.6) is 0 Å². The van der Waals surface area contributed by atoms with Crippen LogP contribution in [0.25, 0.3) is 0 Å². The normalized spacial score (nSPS) is 31.4. The molecule has 2 unspecified atom stereocenters. The first-order valence-corrected chi connectivity index (χ1v) is 5.46. The van der Waals surface area contributed by atoms with E-state index in [0.29, 0.717) is 0 Å². The van der Waals surface area contributed by atoms with Gasteiger partial charge < -0.3 is 0 Å². The van der Waals surface area contributed by atoms with Crippen molar-refractivity contribution in [3.8, 4) is 0 Å². The minimum atomic E-state index is 0.917. The van der Waals surface area contributed by atoms with E-state index < -0.39 is 0 Å². The van der Waals surface area contributed by atoms with Crippen LogP contribution in [0.1, 0.15) is 47.0 Å². The maximum absolute atomic E-state index is 2.28. The molecule has 2 fully saturated rings. The third kappa shape index (κ3) is 1.27. The van der Waals surface area contributed by atoms with Crippen LogP contribution in [0.4, 0.5) is 0 Å². The lowest BCUT2D eigenvalue weighted by atomic mass is 9.85. The van der Waals surface area contributed by atoms with Crippen LogP contribution in [-0.4, -0.2) is 0 Å². The third-order valence-electron chi connectivity index (χ3n) is 3.62. The molecule has 2 aliphatic carbocycles. The largest absolute Gasteiger partial charge is 0.0727 e. The standard InChI is InChI=1S/C13H20/c1-8(2)12-10-5-6-11(7-10)13(12)9(3)4/h10-11H,5-7H2,1-4H3. The molecule has 2 rings (SSSR count). The average Bonchev–Trinajstić information content (AvgIpc) is 2.60. The summed E-state index contributed by atoms with van der Waals surface area (Å²) >= 11 is 0. The summed E-state index contributed by atoms with van der Waals surface area (Å²) < 4.78 is 0. The predicted octanol–water partition coefficient (Wildman–Crippen LogP) is 4.09. The predicted molar refractivity (Wildman–Crippen MR) is 57.6 cm³/mol. The SMILES string of the molecule is CC(C)=C1C(=C(C)C)C2CCC1C2. The van der Waals surface area contributed by atoms with Crippen molar-refractivity contribution in [1.82, 2.24) is 0 Å². The molecule has 0 heterocycles. The van der Waals surface area contributed by atoms with E-state index in [9.17, 15) is 0 Å². The highest BCUT2D eigenvalue weighted by molar-refractivity contribution is 5.46. The monoisotopic (exact) mass is 176 g/mol. The molecule has 2 atom stereocenters. The van der Waals surface area contributed by atoms with Crippen LogP contribution in [0.2, 0.25) is 0 Å². The van der Waals surface area contributed by atoms with Crippen LogP contribution in [0.15, 0.2) is 22.3 Å². The van der Waals surface area contributed by atoms with Crippen molar-refractivity contribution >= 4 is 0 Å². The Balaban J connectivity index is 2.49. The van der Waals surface area contributed by atoms with Crippen LogP contribution in [0.3, 0.4) is 0 Å². The zero-order chi connectivity index (χ0) is 9.59. The summed E-state index contributed by atoms with van der Waals surface area (Å²) in [4.78, 5) is 0. The zero-order valence-corrected chi connectivity index (χ0v) is 9.28. The van der Waals surface area contributed by atoms with E-state index in [0.717, 1.165) is 11.8 Å². The molecule has 0 radical (unpaired) electrons. The number of hydrogen-bond donors (Lipinski definition) is 0. The van der Waals surface area contributed by atoms with Gasteiger partial charge in [0.1, 0.15) is 0 Å². The second-order valence-corrected chi connectivity index (χ2v) is 5.03. The molecule has 0 spiro atoms. The smallest absolute Gasteiger partial charge is 0.0154 e. The molecule has 0 amide bonds. The summed E-state index contributed by atoms with van der Waals surface area (Å²) in [5, 5.41) is 0. The first-order chi connectivity index (χ1) is 6.11. The van der Waals surface area contributed by atoms with Crippen molar-refractivity contribution < 1.29 is 0 Å². The highest BCUT2D eigenvalue weighted by Gasteiger charge is 2.40. The van der Waals surface area contributed by atoms with Gasteiger partial charge in [0, 0.05) is 0 Å². The summed E-state index contributed by atoms with van der Waals surface area (Å²) in [7, 11) is 0. The zero-order valence-electron chi connectivity index (χ0n) is 9.28. The van der Waals surface area contributed by atoms with Crippen molar-refractivity contribution in [2.75, 3.05) is 0 Å². The molecule has 0 aromatic rings. The van der Waals surface area contributed by atoms with Gasteiger partial charge in [0.25, 0.3) is 0 Å². The van der Waals surface area contributed by atoms with Crippen LogP contribution in [-0.2, 0) is 0 Å². The van der Waals surface area contributed by atoms with Gasteiger partial charge in [-0.1, -0.05) is 11.1 Å². The second-order valence-electron chi connectivity index (χ2n) is 5.03. The average molecular weight is 176 g/mol. The molecule has 0 nitrogen and oxygen atoms in total. The molecule has 0 N–H and O–H groups in total. The second kappa shape index (κ2) is 3.01. The molecule has 0 heteroatoms. The lowest BCUT2D eigenvalue weighted by Crippen LogP contribution is -2.05. The fourth-order valence-corrected chi connectivity index (χ4v) is 3.30. The third-order valence-corrected chi connectivity index (χ3v) is 3.62. The van der Waals surface area contributed by atoms with Crippen LogP contribution < -0.4 is 0 Å². The van der Waals surface area contributed by atoms with Crippen molar-refractivity contribution in [3.63, 3.8) is 0 Å². The van der Waals surface area contributed by atoms with E-state index in [4.69, 9.17) is 0 Å². The van der Waals surface area contributed by atoms with E-state index in [1.54, 1.807) is 22.3 Å². The van der Waals surface area contributed by atoms with Crippen molar-refractivity contribution in [1.29, 1.82) is 0 Å². The van der Waals surface area contributed by atoms with E-state index in [-0.39, 0.29) is 0 Å². The van der Waals surface area contributed by atoms with Crippen LogP contribution >= 0.6 is 0 Å². The van der Waals surface area contributed by atoms with Gasteiger partial charge in [-0.05, 0) is 69.9 Å². The Morgan fingerprint density at radius 2 is 1.23 bits per heavy atom. The van der Waals surface area contributed by atoms with E-state index in [1.165, 1.54) is 19.3 Å². The maximum atomic E-state index is 2.28. The summed E-state index contributed by atoms with van der Waals surface area (Å²) in [5.41, 5.74) is 6.55. The van der Waals surface area contributed by atoms with Crippen LogP contribution in [0, 0.1) is 11.8 Å². The summed E-state index contributed by atoms with van der Waals surface area (Å²) in [5.74, 6) is 1.83. The minimum absolute atomic E-state index is 0.917. The molecule has 0 saturated heterocycles. The van der Waals surface area contributed by atoms with Gasteiger partial charge in [-0.15, -0.1) is 0 Å². The molecule has 0 aromatic heterocycles. The van der Waals surface area contributed by atoms with E-state index >= 15 is 0 Å². The quantitative estimate of drug-likeness (QED) is 0.521. The van der Waals surface area contributed by atoms with Crippen molar-refractivity contribution in [2.45, 2.75) is 47.0 Å². The molecular weight excluding hydrogens is 156 g/mol. The van der Waals surface area contributed by atoms with Gasteiger partial charge in [-0.3, -0.25) is 0 Å². The summed E-state index contributed by atoms with van der Waals surface area (Å²) in [6, 6.07) is 0. The van der Waals surface area contributed by atoms with E-state index in [1.807, 2.05) is 0 Å². The summed E-state index contributed by atoms with van der Waals surface area (Å²) in [6.07, 6.45) is 4.34. The summed E-state index contributed by atoms with van der Waals surface area (Å²) in [6.45, 7) is 9.11. The minimum Gasteiger partial charge on any atom is -0.0727 e. The van der Waals surface area contributed by atoms with Crippen molar-refractivity contribution in [2.24, 2.45) is 11.8 Å². The molecule has 2 saturated carbocycles. The lowest BCUT2D eigenvalue weighted by Gasteiger charge is -2.21. The van der Waals surface area contributed by atoms with Gasteiger partial charge in [-0.25, -0.2) is 0 Å². The molecule has 2 aliphatic rings. The molecule has 72 valence electrons. The first kappa shape index (κ1) is 9.05. The number of rotatable bonds is 0. The Bertz CT molecular complexity index is 253. The number of hydrogen-bond acceptors (Lipinski definition) is 0. The van der Waals surface area contributed by atoms with Gasteiger partial charge in [0.05, 0.1) is 0 Å². The Morgan fingerprint density at radius 3 is 1.54 bits per heavy atom. The molecule has 13 heavy (non-hydrogen) atoms. The fourth-order valence-electron chi connectivity index (χ4n) is 3.30. The van der Waals surface area contributed by atoms with Gasteiger partial charge >= 0.3 is 0 Å². The van der Waals surface area contributed by atoms with Gasteiger partial charge in [-0.2, -0.15) is 0 Å². The highest BCUT2D eigenvalue weighted by Crippen LogP contribution is 2.53. The van der Waals surface area contributed by atoms with E-state index in [2.05, 4.69) is 27.7 Å². The Kier molecular flexibility index (Phi) is 2.09. The number of fused-ring (bicyclic) bond motifs is 2. The van der Waals surface area contributed by atoms with Crippen molar-refractivity contribution in [3.05, 3.63) is 22.3 Å². The van der Waals surface area contributed by atoms with Gasteiger partial charge in [0.2, 0.25) is 0 Å². The topological polar surface area (TPSA) is 0 Å². The molecule has 0 aliphatic heterocycles. The van der Waals surface area contributed by atoms with Gasteiger partial charge in [0.15, 0.2) is 0 Å². The first-order valence-electron chi connectivity index (χ1n) is 5.46. The maximum Gasteiger partial charge on any atom is -0.0154 e. The Morgan fingerprint density at radius 1 is 0.846 bits per heavy atom. The Hall–Kier alpha value is -0.520. The molecule has 2 bridgehead atoms. The molecular formula is C13H20. The Labute approximate surface area is 81.7 Å². The number of allylic oxidation sites excluding steroid dienone is 4. The highest BCUT2D eigenvalue weighted by atomic mass is 14.4. The molecule has 0 aromatic carbocycles. The lowest BCUT2D eigenvalue weighted by molar-refractivity contribution is 0.644. The fraction of sp³-hybridized carbons (Fsp3) is 0.692.